The van der Waals surface area contributed by atoms with Crippen molar-refractivity contribution in [3.63, 3.8) is 0 Å². The zero-order chi connectivity index (χ0) is 11.6. The van der Waals surface area contributed by atoms with Crippen LogP contribution in [-0.4, -0.2) is 50.7 Å². The van der Waals surface area contributed by atoms with Gasteiger partial charge in [0.15, 0.2) is 0 Å². The van der Waals surface area contributed by atoms with Gasteiger partial charge in [0, 0.05) is 20.1 Å². The summed E-state index contributed by atoms with van der Waals surface area (Å²) in [7, 11) is -1.82. The van der Waals surface area contributed by atoms with Gasteiger partial charge in [0.2, 0.25) is 15.9 Å². The largest absolute Gasteiger partial charge is 0.344 e. The summed E-state index contributed by atoms with van der Waals surface area (Å²) in [5.74, 6) is -0.178. The standard InChI is InChI=1S/C8H17N3O3S/c1-6(5-9)15(13,14)10-7-3-4-11(2)8(7)12/h6-7,10H,3-5,9H2,1-2H3. The van der Waals surface area contributed by atoms with Crippen LogP contribution in [0.2, 0.25) is 0 Å². The highest BCUT2D eigenvalue weighted by atomic mass is 32.2. The van der Waals surface area contributed by atoms with E-state index in [0.29, 0.717) is 13.0 Å². The Bertz CT molecular complexity index is 341. The van der Waals surface area contributed by atoms with Gasteiger partial charge in [-0.15, -0.1) is 0 Å². The highest BCUT2D eigenvalue weighted by Crippen LogP contribution is 2.10. The van der Waals surface area contributed by atoms with Crippen LogP contribution in [-0.2, 0) is 14.8 Å². The lowest BCUT2D eigenvalue weighted by Crippen LogP contribution is -2.45. The van der Waals surface area contributed by atoms with E-state index in [0.717, 1.165) is 0 Å². The van der Waals surface area contributed by atoms with E-state index in [-0.39, 0.29) is 12.5 Å². The molecule has 2 atom stereocenters. The van der Waals surface area contributed by atoms with E-state index in [9.17, 15) is 13.2 Å². The maximum atomic E-state index is 11.6. The van der Waals surface area contributed by atoms with Crippen LogP contribution in [0.5, 0.6) is 0 Å². The Balaban J connectivity index is 2.67. The number of nitrogens with two attached hydrogens (primary N) is 1. The Morgan fingerprint density at radius 1 is 1.67 bits per heavy atom. The van der Waals surface area contributed by atoms with Gasteiger partial charge >= 0.3 is 0 Å². The van der Waals surface area contributed by atoms with Crippen LogP contribution in [0.15, 0.2) is 0 Å². The number of sulfonamides is 1. The fraction of sp³-hybridized carbons (Fsp3) is 0.875. The first-order valence-electron chi connectivity index (χ1n) is 4.84. The third-order valence-corrected chi connectivity index (χ3v) is 4.46. The minimum Gasteiger partial charge on any atom is -0.344 e. The van der Waals surface area contributed by atoms with E-state index >= 15 is 0 Å². The van der Waals surface area contributed by atoms with Gasteiger partial charge in [-0.25, -0.2) is 13.1 Å². The van der Waals surface area contributed by atoms with Crippen molar-refractivity contribution in [2.24, 2.45) is 5.73 Å². The van der Waals surface area contributed by atoms with Gasteiger partial charge in [-0.2, -0.15) is 0 Å². The molecular formula is C8H17N3O3S. The maximum Gasteiger partial charge on any atom is 0.240 e. The number of carbonyl (C=O) groups excluding carboxylic acids is 1. The lowest BCUT2D eigenvalue weighted by Gasteiger charge is -2.15. The van der Waals surface area contributed by atoms with Gasteiger partial charge in [0.05, 0.1) is 5.25 Å². The smallest absolute Gasteiger partial charge is 0.240 e. The molecule has 0 aromatic carbocycles. The van der Waals surface area contributed by atoms with Gasteiger partial charge in [-0.3, -0.25) is 4.79 Å². The Morgan fingerprint density at radius 2 is 2.27 bits per heavy atom. The molecule has 7 heteroatoms. The number of amides is 1. The molecule has 1 heterocycles. The summed E-state index contributed by atoms with van der Waals surface area (Å²) >= 11 is 0. The predicted octanol–water partition coefficient (Wildman–Crippen LogP) is -1.52. The van der Waals surface area contributed by atoms with Crippen LogP contribution in [0.1, 0.15) is 13.3 Å². The molecule has 88 valence electrons. The lowest BCUT2D eigenvalue weighted by molar-refractivity contribution is -0.127. The molecule has 6 nitrogen and oxygen atoms in total. The number of nitrogens with one attached hydrogen (secondary N) is 1. The van der Waals surface area contributed by atoms with E-state index in [1.165, 1.54) is 11.8 Å². The van der Waals surface area contributed by atoms with Crippen LogP contribution < -0.4 is 10.5 Å². The zero-order valence-electron chi connectivity index (χ0n) is 8.93. The van der Waals surface area contributed by atoms with E-state index in [2.05, 4.69) is 4.72 Å². The molecule has 0 aliphatic carbocycles. The Kier molecular flexibility index (Phi) is 3.69. The zero-order valence-corrected chi connectivity index (χ0v) is 9.75. The van der Waals surface area contributed by atoms with Crippen molar-refractivity contribution >= 4 is 15.9 Å². The van der Waals surface area contributed by atoms with Crippen LogP contribution in [0.3, 0.4) is 0 Å². The Hall–Kier alpha value is -0.660. The van der Waals surface area contributed by atoms with Crippen LogP contribution in [0, 0.1) is 0 Å². The fourth-order valence-corrected chi connectivity index (χ4v) is 2.47. The van der Waals surface area contributed by atoms with E-state index in [1.54, 1.807) is 7.05 Å². The molecule has 1 aliphatic rings. The minimum absolute atomic E-state index is 0.0477. The molecule has 15 heavy (non-hydrogen) atoms. The van der Waals surface area contributed by atoms with Crippen molar-refractivity contribution in [1.82, 2.24) is 9.62 Å². The SMILES string of the molecule is CC(CN)S(=O)(=O)NC1CCN(C)C1=O. The maximum absolute atomic E-state index is 11.6. The molecule has 2 unspecified atom stereocenters. The average Bonchev–Trinajstić information content (AvgIpc) is 2.48. The number of nitrogens with zero attached hydrogens (tertiary/aromatic N) is 1. The Labute approximate surface area is 89.9 Å². The summed E-state index contributed by atoms with van der Waals surface area (Å²) in [5, 5.41) is -0.670. The monoisotopic (exact) mass is 235 g/mol. The summed E-state index contributed by atoms with van der Waals surface area (Å²) in [6.45, 7) is 2.15. The van der Waals surface area contributed by atoms with Crippen LogP contribution in [0.25, 0.3) is 0 Å². The summed E-state index contributed by atoms with van der Waals surface area (Å²) < 4.78 is 25.6. The molecular weight excluding hydrogens is 218 g/mol. The molecule has 0 saturated carbocycles. The minimum atomic E-state index is -3.47. The molecule has 0 bridgehead atoms. The first-order chi connectivity index (χ1) is 6.88. The second-order valence-electron chi connectivity index (χ2n) is 3.81. The topological polar surface area (TPSA) is 92.5 Å². The van der Waals surface area contributed by atoms with Crippen molar-refractivity contribution in [3.8, 4) is 0 Å². The van der Waals surface area contributed by atoms with Crippen molar-refractivity contribution in [2.75, 3.05) is 20.1 Å². The van der Waals surface area contributed by atoms with Crippen molar-refractivity contribution < 1.29 is 13.2 Å². The second-order valence-corrected chi connectivity index (χ2v) is 5.94. The molecule has 1 fully saturated rings. The van der Waals surface area contributed by atoms with E-state index in [4.69, 9.17) is 5.73 Å². The van der Waals surface area contributed by atoms with Gasteiger partial charge < -0.3 is 10.6 Å². The van der Waals surface area contributed by atoms with Crippen LogP contribution in [0.4, 0.5) is 0 Å². The van der Waals surface area contributed by atoms with Crippen molar-refractivity contribution in [3.05, 3.63) is 0 Å². The quantitative estimate of drug-likeness (QED) is 0.619. The second kappa shape index (κ2) is 4.46. The van der Waals surface area contributed by atoms with Gasteiger partial charge in [0.1, 0.15) is 6.04 Å². The number of hydrogen-bond acceptors (Lipinski definition) is 4. The molecule has 1 amide bonds. The molecule has 3 N–H and O–H groups in total. The molecule has 1 rings (SSSR count). The third kappa shape index (κ3) is 2.67. The fourth-order valence-electron chi connectivity index (χ4n) is 1.37. The number of likely N-dealkylation sites (tertiary alicyclic amines) is 1. The third-order valence-electron chi connectivity index (χ3n) is 2.60. The normalized spacial score (nSPS) is 24.6. The van der Waals surface area contributed by atoms with Gasteiger partial charge in [-0.05, 0) is 13.3 Å². The summed E-state index contributed by atoms with van der Waals surface area (Å²) in [6.07, 6.45) is 0.520. The Morgan fingerprint density at radius 3 is 2.67 bits per heavy atom. The summed E-state index contributed by atoms with van der Waals surface area (Å²) in [4.78, 5) is 13.0. The van der Waals surface area contributed by atoms with E-state index < -0.39 is 21.3 Å². The molecule has 0 aromatic heterocycles. The average molecular weight is 235 g/mol. The first-order valence-corrected chi connectivity index (χ1v) is 6.39. The van der Waals surface area contributed by atoms with Crippen molar-refractivity contribution in [2.45, 2.75) is 24.6 Å². The molecule has 0 spiro atoms. The highest BCUT2D eigenvalue weighted by molar-refractivity contribution is 7.90. The number of carbonyl (C=O) groups is 1. The number of likely N-dealkylation sites (N-methyl/N-ethyl adjacent to an activating group) is 1. The van der Waals surface area contributed by atoms with E-state index in [1.807, 2.05) is 0 Å². The van der Waals surface area contributed by atoms with Gasteiger partial charge in [-0.1, -0.05) is 0 Å². The summed E-state index contributed by atoms with van der Waals surface area (Å²) in [5.41, 5.74) is 5.28. The first kappa shape index (κ1) is 12.4. The summed E-state index contributed by atoms with van der Waals surface area (Å²) in [6, 6.07) is -0.617. The predicted molar refractivity (Wildman–Crippen MR) is 56.6 cm³/mol. The molecule has 0 radical (unpaired) electrons. The van der Waals surface area contributed by atoms with Crippen molar-refractivity contribution in [1.29, 1.82) is 0 Å². The number of rotatable bonds is 4. The molecule has 1 saturated heterocycles. The van der Waals surface area contributed by atoms with Crippen LogP contribution >= 0.6 is 0 Å². The highest BCUT2D eigenvalue weighted by Gasteiger charge is 2.33. The number of hydrogen-bond donors (Lipinski definition) is 2. The lowest BCUT2D eigenvalue weighted by atomic mass is 10.3. The molecule has 1 aliphatic heterocycles. The van der Waals surface area contributed by atoms with Gasteiger partial charge in [0.25, 0.3) is 0 Å². The molecule has 0 aromatic rings.